The highest BCUT2D eigenvalue weighted by atomic mass is 16.1. The number of nitrogens with one attached hydrogen (secondary N) is 1. The zero-order valence-corrected chi connectivity index (χ0v) is 18.1. The van der Waals surface area contributed by atoms with Crippen molar-refractivity contribution in [3.63, 3.8) is 0 Å². The van der Waals surface area contributed by atoms with Crippen LogP contribution >= 0.6 is 0 Å². The van der Waals surface area contributed by atoms with Gasteiger partial charge in [0, 0.05) is 17.5 Å². The molecule has 0 saturated carbocycles. The lowest BCUT2D eigenvalue weighted by Gasteiger charge is -2.16. The van der Waals surface area contributed by atoms with Crippen LogP contribution in [-0.2, 0) is 13.1 Å². The second-order valence-electron chi connectivity index (χ2n) is 8.06. The molecule has 168 valence electrons. The first-order valence-corrected chi connectivity index (χ1v) is 11.0. The van der Waals surface area contributed by atoms with Crippen LogP contribution in [0.25, 0.3) is 16.5 Å². The summed E-state index contributed by atoms with van der Waals surface area (Å²) >= 11 is 0. The first-order chi connectivity index (χ1) is 16.2. The summed E-state index contributed by atoms with van der Waals surface area (Å²) in [4.78, 5) is 28.2. The van der Waals surface area contributed by atoms with Crippen molar-refractivity contribution in [3.8, 4) is 5.69 Å². The molecule has 0 bridgehead atoms. The van der Waals surface area contributed by atoms with Crippen molar-refractivity contribution >= 4 is 16.7 Å². The second-order valence-corrected chi connectivity index (χ2v) is 8.06. The Morgan fingerprint density at radius 3 is 2.61 bits per heavy atom. The molecule has 0 aliphatic carbocycles. The van der Waals surface area contributed by atoms with Gasteiger partial charge >= 0.3 is 0 Å². The van der Waals surface area contributed by atoms with Crippen molar-refractivity contribution in [2.45, 2.75) is 25.9 Å². The number of nitrogens with zero attached hydrogens (tertiary/aromatic N) is 7. The number of carbonyl (C=O) groups excluding carboxylic acids is 1. The van der Waals surface area contributed by atoms with Gasteiger partial charge in [0.1, 0.15) is 6.33 Å². The van der Waals surface area contributed by atoms with E-state index in [0.29, 0.717) is 28.9 Å². The Labute approximate surface area is 189 Å². The molecule has 2 aromatic heterocycles. The molecule has 0 unspecified atom stereocenters. The van der Waals surface area contributed by atoms with Gasteiger partial charge in [-0.2, -0.15) is 5.10 Å². The number of amides is 1. The topological polar surface area (TPSA) is 111 Å². The van der Waals surface area contributed by atoms with Gasteiger partial charge < -0.3 is 10.2 Å². The average Bonchev–Trinajstić information content (AvgIpc) is 3.58. The zero-order chi connectivity index (χ0) is 22.6. The lowest BCUT2D eigenvalue weighted by atomic mass is 10.1. The highest BCUT2D eigenvalue weighted by Gasteiger charge is 2.15. The van der Waals surface area contributed by atoms with Crippen molar-refractivity contribution in [2.24, 2.45) is 0 Å². The predicted molar refractivity (Wildman–Crippen MR) is 122 cm³/mol. The molecule has 2 aromatic carbocycles. The molecule has 4 aromatic rings. The zero-order valence-electron chi connectivity index (χ0n) is 18.1. The maximum atomic E-state index is 13.0. The van der Waals surface area contributed by atoms with E-state index in [1.54, 1.807) is 18.2 Å². The predicted octanol–water partition coefficient (Wildman–Crippen LogP) is 1.40. The van der Waals surface area contributed by atoms with Gasteiger partial charge in [-0.25, -0.2) is 9.36 Å². The first-order valence-electron chi connectivity index (χ1n) is 11.0. The monoisotopic (exact) mass is 444 g/mol. The van der Waals surface area contributed by atoms with Crippen LogP contribution in [-0.4, -0.2) is 60.4 Å². The highest BCUT2D eigenvalue weighted by molar-refractivity contribution is 5.95. The number of hydrogen-bond donors (Lipinski definition) is 1. The molecule has 3 heterocycles. The fraction of sp³-hybridized carbons (Fsp3) is 0.304. The fourth-order valence-corrected chi connectivity index (χ4v) is 4.17. The maximum absolute atomic E-state index is 13.0. The van der Waals surface area contributed by atoms with Crippen LogP contribution in [0.1, 0.15) is 28.9 Å². The van der Waals surface area contributed by atoms with Crippen LogP contribution in [0.5, 0.6) is 0 Å². The Bertz CT molecular complexity index is 1330. The second kappa shape index (κ2) is 9.29. The van der Waals surface area contributed by atoms with Crippen LogP contribution in [0.4, 0.5) is 0 Å². The van der Waals surface area contributed by atoms with E-state index < -0.39 is 0 Å². The van der Waals surface area contributed by atoms with E-state index in [-0.39, 0.29) is 18.0 Å². The molecule has 10 heteroatoms. The molecule has 10 nitrogen and oxygen atoms in total. The minimum atomic E-state index is -0.245. The Kier molecular flexibility index (Phi) is 5.90. The van der Waals surface area contributed by atoms with Crippen LogP contribution < -0.4 is 10.9 Å². The molecule has 0 atom stereocenters. The summed E-state index contributed by atoms with van der Waals surface area (Å²) in [6.45, 7) is 3.65. The third-order valence-corrected chi connectivity index (χ3v) is 5.91. The smallest absolute Gasteiger partial charge is 0.274 e. The standard InChI is InChI=1S/C23H24N8O2/c32-22(17-6-5-7-18(14-17)31-16-25-27-28-31)24-15-21-19-8-1-2-9-20(19)23(33)30(26-21)13-12-29-10-3-4-11-29/h1-2,5-9,14,16H,3-4,10-13,15H2,(H,24,32). The van der Waals surface area contributed by atoms with Crippen molar-refractivity contribution in [2.75, 3.05) is 19.6 Å². The van der Waals surface area contributed by atoms with Crippen LogP contribution in [0.3, 0.4) is 0 Å². The number of likely N-dealkylation sites (tertiary alicyclic amines) is 1. The summed E-state index contributed by atoms with van der Waals surface area (Å²) in [6.07, 6.45) is 3.87. The van der Waals surface area contributed by atoms with Gasteiger partial charge in [0.2, 0.25) is 0 Å². The summed E-state index contributed by atoms with van der Waals surface area (Å²) in [5, 5.41) is 20.0. The first kappa shape index (κ1) is 21.0. The molecule has 1 saturated heterocycles. The Hall–Kier alpha value is -3.92. The molecule has 1 fully saturated rings. The highest BCUT2D eigenvalue weighted by Crippen LogP contribution is 2.14. The third kappa shape index (κ3) is 4.51. The number of benzene rings is 2. The number of carbonyl (C=O) groups is 1. The van der Waals surface area contributed by atoms with Gasteiger partial charge in [-0.1, -0.05) is 24.3 Å². The lowest BCUT2D eigenvalue weighted by molar-refractivity contribution is 0.0950. The number of hydrogen-bond acceptors (Lipinski definition) is 7. The maximum Gasteiger partial charge on any atom is 0.274 e. The van der Waals surface area contributed by atoms with Crippen molar-refractivity contribution in [3.05, 3.63) is 76.5 Å². The molecule has 1 aliphatic rings. The summed E-state index contributed by atoms with van der Waals surface area (Å²) in [7, 11) is 0. The van der Waals surface area contributed by atoms with E-state index in [2.05, 4.69) is 30.8 Å². The van der Waals surface area contributed by atoms with Gasteiger partial charge in [-0.05, 0) is 60.6 Å². The molecular weight excluding hydrogens is 420 g/mol. The summed E-state index contributed by atoms with van der Waals surface area (Å²) < 4.78 is 3.02. The summed E-state index contributed by atoms with van der Waals surface area (Å²) in [5.74, 6) is -0.245. The Morgan fingerprint density at radius 2 is 1.82 bits per heavy atom. The van der Waals surface area contributed by atoms with Crippen molar-refractivity contribution < 1.29 is 4.79 Å². The van der Waals surface area contributed by atoms with Gasteiger partial charge in [0.15, 0.2) is 0 Å². The SMILES string of the molecule is O=C(NCc1nn(CCN2CCCC2)c(=O)c2ccccc12)c1cccc(-n2cnnn2)c1. The molecule has 0 radical (unpaired) electrons. The normalized spacial score (nSPS) is 14.1. The van der Waals surface area contributed by atoms with Crippen LogP contribution in [0, 0.1) is 0 Å². The molecule has 1 amide bonds. The van der Waals surface area contributed by atoms with E-state index >= 15 is 0 Å². The minimum absolute atomic E-state index is 0.103. The Balaban J connectivity index is 1.37. The molecule has 1 N–H and O–H groups in total. The van der Waals surface area contributed by atoms with Crippen LogP contribution in [0.15, 0.2) is 59.7 Å². The summed E-state index contributed by atoms with van der Waals surface area (Å²) in [5.41, 5.74) is 1.73. The Morgan fingerprint density at radius 1 is 1.00 bits per heavy atom. The van der Waals surface area contributed by atoms with Crippen molar-refractivity contribution in [1.82, 2.24) is 40.2 Å². The van der Waals surface area contributed by atoms with E-state index in [4.69, 9.17) is 0 Å². The minimum Gasteiger partial charge on any atom is -0.346 e. The van der Waals surface area contributed by atoms with E-state index in [1.165, 1.54) is 28.5 Å². The summed E-state index contributed by atoms with van der Waals surface area (Å²) in [6, 6.07) is 14.4. The molecule has 5 rings (SSSR count). The van der Waals surface area contributed by atoms with Gasteiger partial charge in [0.05, 0.1) is 29.9 Å². The molecule has 0 spiro atoms. The van der Waals surface area contributed by atoms with E-state index in [9.17, 15) is 9.59 Å². The molecular formula is C23H24N8O2. The number of rotatable bonds is 7. The van der Waals surface area contributed by atoms with Crippen molar-refractivity contribution in [1.29, 1.82) is 0 Å². The van der Waals surface area contributed by atoms with Gasteiger partial charge in [0.25, 0.3) is 11.5 Å². The number of tetrazole rings is 1. The quantitative estimate of drug-likeness (QED) is 0.459. The molecule has 1 aliphatic heterocycles. The van der Waals surface area contributed by atoms with Crippen LogP contribution in [0.2, 0.25) is 0 Å². The van der Waals surface area contributed by atoms with E-state index in [1.807, 2.05) is 30.3 Å². The third-order valence-electron chi connectivity index (χ3n) is 5.91. The average molecular weight is 444 g/mol. The van der Waals surface area contributed by atoms with E-state index in [0.717, 1.165) is 25.0 Å². The largest absolute Gasteiger partial charge is 0.346 e. The number of aromatic nitrogens is 6. The lowest BCUT2D eigenvalue weighted by Crippen LogP contribution is -2.32. The number of fused-ring (bicyclic) bond motifs is 1. The van der Waals surface area contributed by atoms with Gasteiger partial charge in [-0.15, -0.1) is 5.10 Å². The fourth-order valence-electron chi connectivity index (χ4n) is 4.17. The molecule has 33 heavy (non-hydrogen) atoms. The van der Waals surface area contributed by atoms with Gasteiger partial charge in [-0.3, -0.25) is 9.59 Å².